The maximum Gasteiger partial charge on any atom is 0.123 e. The molecular weight excluding hydrogens is 217 g/mol. The van der Waals surface area contributed by atoms with Crippen molar-refractivity contribution < 1.29 is 9.50 Å². The number of phenolic OH excluding ortho intramolecular Hbond substituents is 1. The summed E-state index contributed by atoms with van der Waals surface area (Å²) in [5.41, 5.74) is 0.632. The molecule has 1 saturated carbocycles. The lowest BCUT2D eigenvalue weighted by molar-refractivity contribution is 0.414. The normalized spacial score (nSPS) is 19.0. The average Bonchev–Trinajstić information content (AvgIpc) is 3.12. The summed E-state index contributed by atoms with van der Waals surface area (Å²) in [6.45, 7) is 5.11. The van der Waals surface area contributed by atoms with E-state index in [1.807, 2.05) is 6.92 Å². The van der Waals surface area contributed by atoms with Gasteiger partial charge in [0.2, 0.25) is 0 Å². The molecule has 2 atom stereocenters. The van der Waals surface area contributed by atoms with Gasteiger partial charge in [0.05, 0.1) is 0 Å². The van der Waals surface area contributed by atoms with Crippen molar-refractivity contribution in [3.63, 3.8) is 0 Å². The van der Waals surface area contributed by atoms with Crippen LogP contribution in [0.4, 0.5) is 4.39 Å². The van der Waals surface area contributed by atoms with Crippen LogP contribution in [0.3, 0.4) is 0 Å². The zero-order valence-electron chi connectivity index (χ0n) is 10.4. The van der Waals surface area contributed by atoms with Crippen LogP contribution in [0.15, 0.2) is 18.2 Å². The van der Waals surface area contributed by atoms with Crippen LogP contribution in [0.1, 0.15) is 38.3 Å². The second-order valence-corrected chi connectivity index (χ2v) is 5.15. The van der Waals surface area contributed by atoms with Gasteiger partial charge in [-0.05, 0) is 56.3 Å². The zero-order chi connectivity index (χ0) is 12.4. The number of benzene rings is 1. The lowest BCUT2D eigenvalue weighted by Crippen LogP contribution is -2.25. The summed E-state index contributed by atoms with van der Waals surface area (Å²) in [5, 5.41) is 13.0. The maximum atomic E-state index is 13.1. The average molecular weight is 237 g/mol. The Morgan fingerprint density at radius 1 is 1.41 bits per heavy atom. The van der Waals surface area contributed by atoms with E-state index >= 15 is 0 Å². The Hall–Kier alpha value is -1.09. The highest BCUT2D eigenvalue weighted by molar-refractivity contribution is 5.34. The van der Waals surface area contributed by atoms with E-state index in [-0.39, 0.29) is 17.6 Å². The lowest BCUT2D eigenvalue weighted by atomic mass is 10.0. The van der Waals surface area contributed by atoms with Gasteiger partial charge in [0.1, 0.15) is 11.6 Å². The first-order valence-corrected chi connectivity index (χ1v) is 6.29. The molecule has 0 heterocycles. The van der Waals surface area contributed by atoms with E-state index in [4.69, 9.17) is 0 Å². The number of rotatable bonds is 5. The molecule has 17 heavy (non-hydrogen) atoms. The highest BCUT2D eigenvalue weighted by atomic mass is 19.1. The summed E-state index contributed by atoms with van der Waals surface area (Å²) in [6.07, 6.45) is 2.67. The van der Waals surface area contributed by atoms with Crippen molar-refractivity contribution in [1.82, 2.24) is 5.32 Å². The third-order valence-electron chi connectivity index (χ3n) is 3.63. The quantitative estimate of drug-likeness (QED) is 0.824. The zero-order valence-corrected chi connectivity index (χ0v) is 10.4. The first-order chi connectivity index (χ1) is 8.08. The van der Waals surface area contributed by atoms with Gasteiger partial charge in [-0.2, -0.15) is 0 Å². The second-order valence-electron chi connectivity index (χ2n) is 5.15. The number of hydrogen-bond donors (Lipinski definition) is 2. The molecule has 3 heteroatoms. The van der Waals surface area contributed by atoms with Crippen LogP contribution in [0, 0.1) is 17.7 Å². The minimum atomic E-state index is -0.304. The van der Waals surface area contributed by atoms with E-state index in [1.165, 1.54) is 31.0 Å². The molecule has 0 amide bonds. The minimum absolute atomic E-state index is 0.0214. The fourth-order valence-electron chi connectivity index (χ4n) is 2.18. The fraction of sp³-hybridized carbons (Fsp3) is 0.571. The number of halogens is 1. The van der Waals surface area contributed by atoms with E-state index in [0.717, 1.165) is 12.5 Å². The van der Waals surface area contributed by atoms with Crippen LogP contribution in [-0.4, -0.2) is 11.7 Å². The molecule has 2 nitrogen and oxygen atoms in total. The largest absolute Gasteiger partial charge is 0.508 e. The van der Waals surface area contributed by atoms with Crippen molar-refractivity contribution in [3.8, 4) is 5.75 Å². The van der Waals surface area contributed by atoms with Crippen LogP contribution in [0.25, 0.3) is 0 Å². The minimum Gasteiger partial charge on any atom is -0.508 e. The molecule has 0 spiro atoms. The highest BCUT2D eigenvalue weighted by Gasteiger charge is 2.27. The van der Waals surface area contributed by atoms with Crippen LogP contribution in [-0.2, 0) is 0 Å². The van der Waals surface area contributed by atoms with E-state index in [1.54, 1.807) is 0 Å². The molecule has 1 aliphatic rings. The van der Waals surface area contributed by atoms with Crippen molar-refractivity contribution >= 4 is 0 Å². The Morgan fingerprint density at radius 2 is 2.12 bits per heavy atom. The molecule has 0 bridgehead atoms. The Bertz CT molecular complexity index is 390. The van der Waals surface area contributed by atoms with Crippen molar-refractivity contribution in [3.05, 3.63) is 29.6 Å². The summed E-state index contributed by atoms with van der Waals surface area (Å²) in [5.74, 6) is 1.37. The van der Waals surface area contributed by atoms with Crippen molar-refractivity contribution in [2.24, 2.45) is 11.8 Å². The van der Waals surface area contributed by atoms with E-state index in [0.29, 0.717) is 11.5 Å². The SMILES string of the molecule is CC(NCC(C)C1CC1)c1cc(F)ccc1O. The summed E-state index contributed by atoms with van der Waals surface area (Å²) in [7, 11) is 0. The fourth-order valence-corrected chi connectivity index (χ4v) is 2.18. The smallest absolute Gasteiger partial charge is 0.123 e. The molecule has 1 fully saturated rings. The molecule has 2 unspecified atom stereocenters. The number of aromatic hydroxyl groups is 1. The van der Waals surface area contributed by atoms with Gasteiger partial charge in [0.15, 0.2) is 0 Å². The second kappa shape index (κ2) is 5.05. The predicted molar refractivity (Wildman–Crippen MR) is 66.4 cm³/mol. The van der Waals surface area contributed by atoms with Gasteiger partial charge in [0, 0.05) is 11.6 Å². The van der Waals surface area contributed by atoms with E-state index < -0.39 is 0 Å². The molecule has 0 aromatic heterocycles. The van der Waals surface area contributed by atoms with Crippen LogP contribution in [0.5, 0.6) is 5.75 Å². The number of nitrogens with one attached hydrogen (secondary N) is 1. The molecule has 0 saturated heterocycles. The molecule has 2 N–H and O–H groups in total. The standard InChI is InChI=1S/C14H20FNO/c1-9(11-3-4-11)8-16-10(2)13-7-12(15)5-6-14(13)17/h5-7,9-11,16-17H,3-4,8H2,1-2H3. The monoisotopic (exact) mass is 237 g/mol. The van der Waals surface area contributed by atoms with Gasteiger partial charge in [-0.3, -0.25) is 0 Å². The Labute approximate surface area is 102 Å². The van der Waals surface area contributed by atoms with Gasteiger partial charge in [0.25, 0.3) is 0 Å². The van der Waals surface area contributed by atoms with E-state index in [9.17, 15) is 9.50 Å². The first-order valence-electron chi connectivity index (χ1n) is 6.29. The van der Waals surface area contributed by atoms with Gasteiger partial charge in [-0.1, -0.05) is 6.92 Å². The maximum absolute atomic E-state index is 13.1. The molecular formula is C14H20FNO. The van der Waals surface area contributed by atoms with Gasteiger partial charge in [-0.15, -0.1) is 0 Å². The van der Waals surface area contributed by atoms with Gasteiger partial charge < -0.3 is 10.4 Å². The molecule has 2 rings (SSSR count). The Morgan fingerprint density at radius 3 is 2.76 bits per heavy atom. The van der Waals surface area contributed by atoms with Crippen molar-refractivity contribution in [2.75, 3.05) is 6.54 Å². The summed E-state index contributed by atoms with van der Waals surface area (Å²) in [6, 6.07) is 4.06. The highest BCUT2D eigenvalue weighted by Crippen LogP contribution is 2.36. The predicted octanol–water partition coefficient (Wildman–Crippen LogP) is 3.23. The van der Waals surface area contributed by atoms with Crippen LogP contribution >= 0.6 is 0 Å². The van der Waals surface area contributed by atoms with Crippen molar-refractivity contribution in [2.45, 2.75) is 32.7 Å². The first kappa shape index (κ1) is 12.4. The number of hydrogen-bond acceptors (Lipinski definition) is 2. The topological polar surface area (TPSA) is 32.3 Å². The number of phenols is 1. The summed E-state index contributed by atoms with van der Waals surface area (Å²) in [4.78, 5) is 0. The Balaban J connectivity index is 1.93. The molecule has 0 aliphatic heterocycles. The summed E-state index contributed by atoms with van der Waals surface area (Å²) < 4.78 is 13.1. The van der Waals surface area contributed by atoms with Crippen molar-refractivity contribution in [1.29, 1.82) is 0 Å². The third-order valence-corrected chi connectivity index (χ3v) is 3.63. The van der Waals surface area contributed by atoms with Crippen LogP contribution in [0.2, 0.25) is 0 Å². The lowest BCUT2D eigenvalue weighted by Gasteiger charge is -2.18. The third kappa shape index (κ3) is 3.19. The Kier molecular flexibility index (Phi) is 3.67. The summed E-state index contributed by atoms with van der Waals surface area (Å²) >= 11 is 0. The molecule has 1 aromatic carbocycles. The molecule has 94 valence electrons. The molecule has 1 aliphatic carbocycles. The van der Waals surface area contributed by atoms with E-state index in [2.05, 4.69) is 12.2 Å². The molecule has 1 aromatic rings. The molecule has 0 radical (unpaired) electrons. The van der Waals surface area contributed by atoms with Crippen LogP contribution < -0.4 is 5.32 Å². The van der Waals surface area contributed by atoms with Gasteiger partial charge >= 0.3 is 0 Å². The van der Waals surface area contributed by atoms with Gasteiger partial charge in [-0.25, -0.2) is 4.39 Å².